The molecule has 0 saturated carbocycles. The molecule has 1 unspecified atom stereocenters. The summed E-state index contributed by atoms with van der Waals surface area (Å²) in [7, 11) is 4.36. The molecular formula is C40H33ClF3N3O6S. The number of nitrogens with one attached hydrogen (secondary N) is 3. The predicted octanol–water partition coefficient (Wildman–Crippen LogP) is 9.27. The van der Waals surface area contributed by atoms with Gasteiger partial charge in [-0.3, -0.25) is 14.4 Å². The Bertz CT molecular complexity index is 2140. The number of hydrogen-bond donors (Lipinski definition) is 3. The average molecular weight is 776 g/mol. The number of methoxy groups -OCH3 is 3. The number of rotatable bonds is 13. The van der Waals surface area contributed by atoms with Crippen LogP contribution in [0.1, 0.15) is 32.3 Å². The number of anilines is 2. The molecule has 0 aliphatic heterocycles. The quantitative estimate of drug-likeness (QED) is 0.0807. The highest BCUT2D eigenvalue weighted by molar-refractivity contribution is 8.00. The fourth-order valence-electron chi connectivity index (χ4n) is 5.17. The summed E-state index contributed by atoms with van der Waals surface area (Å²) in [5, 5.41) is 7.03. The first-order chi connectivity index (χ1) is 25.9. The van der Waals surface area contributed by atoms with E-state index in [-0.39, 0.29) is 16.4 Å². The van der Waals surface area contributed by atoms with Crippen LogP contribution >= 0.6 is 23.4 Å². The maximum Gasteiger partial charge on any atom is 0.416 e. The molecule has 9 nitrogen and oxygen atoms in total. The molecule has 0 radical (unpaired) electrons. The molecular weight excluding hydrogens is 743 g/mol. The van der Waals surface area contributed by atoms with Crippen LogP contribution in [0.15, 0.2) is 126 Å². The molecule has 0 aliphatic rings. The summed E-state index contributed by atoms with van der Waals surface area (Å²) < 4.78 is 56.6. The molecule has 0 spiro atoms. The van der Waals surface area contributed by atoms with Gasteiger partial charge in [0.1, 0.15) is 10.9 Å². The predicted molar refractivity (Wildman–Crippen MR) is 203 cm³/mol. The molecule has 5 aromatic carbocycles. The lowest BCUT2D eigenvalue weighted by Gasteiger charge is -2.19. The highest BCUT2D eigenvalue weighted by atomic mass is 35.5. The number of carbonyl (C=O) groups excluding carboxylic acids is 3. The second-order valence-corrected chi connectivity index (χ2v) is 13.0. The summed E-state index contributed by atoms with van der Waals surface area (Å²) in [4.78, 5) is 41.3. The number of ether oxygens (including phenoxy) is 3. The van der Waals surface area contributed by atoms with E-state index in [1.165, 1.54) is 27.4 Å². The molecule has 1 atom stereocenters. The maximum atomic E-state index is 13.9. The standard InChI is InChI=1S/C40H33ClF3N3O6S/c1-51-33-20-24(21-34(52-2)35(33)53-3)19-32(47-37(48)26-13-8-5-9-14-26)38(49)45-28-15-10-16-29(23-28)54-36(25-11-6-4-7-12-25)39(50)46-31-22-27(40(42,43)44)17-18-30(31)41/h4-23,36H,1-3H3,(H,45,49)(H,46,50)(H,47,48)/b32-19+. The van der Waals surface area contributed by atoms with E-state index in [1.807, 2.05) is 0 Å². The van der Waals surface area contributed by atoms with Gasteiger partial charge in [-0.1, -0.05) is 66.2 Å². The van der Waals surface area contributed by atoms with Crippen molar-refractivity contribution in [3.63, 3.8) is 0 Å². The number of benzene rings is 5. The van der Waals surface area contributed by atoms with Crippen molar-refractivity contribution in [1.82, 2.24) is 5.32 Å². The van der Waals surface area contributed by atoms with Crippen molar-refractivity contribution in [3.05, 3.63) is 148 Å². The van der Waals surface area contributed by atoms with Crippen LogP contribution in [0.3, 0.4) is 0 Å². The van der Waals surface area contributed by atoms with Gasteiger partial charge in [-0.15, -0.1) is 11.8 Å². The third kappa shape index (κ3) is 9.94. The largest absolute Gasteiger partial charge is 0.493 e. The van der Waals surface area contributed by atoms with Crippen molar-refractivity contribution < 1.29 is 41.8 Å². The van der Waals surface area contributed by atoms with Gasteiger partial charge in [-0.05, 0) is 77.9 Å². The summed E-state index contributed by atoms with van der Waals surface area (Å²) in [6.45, 7) is 0. The highest BCUT2D eigenvalue weighted by Gasteiger charge is 2.32. The minimum atomic E-state index is -4.64. The Balaban J connectivity index is 1.44. The maximum absolute atomic E-state index is 13.9. The molecule has 0 fully saturated rings. The third-order valence-electron chi connectivity index (χ3n) is 7.76. The number of hydrogen-bond acceptors (Lipinski definition) is 7. The summed E-state index contributed by atoms with van der Waals surface area (Å²) in [6.07, 6.45) is -3.19. The van der Waals surface area contributed by atoms with Gasteiger partial charge >= 0.3 is 6.18 Å². The molecule has 0 aliphatic carbocycles. The van der Waals surface area contributed by atoms with Crippen molar-refractivity contribution >= 4 is 58.5 Å². The lowest BCUT2D eigenvalue weighted by Crippen LogP contribution is -2.30. The van der Waals surface area contributed by atoms with Crippen molar-refractivity contribution in [2.75, 3.05) is 32.0 Å². The summed E-state index contributed by atoms with van der Waals surface area (Å²) in [6, 6.07) is 29.5. The van der Waals surface area contributed by atoms with Crippen LogP contribution < -0.4 is 30.2 Å². The van der Waals surface area contributed by atoms with E-state index in [1.54, 1.807) is 97.1 Å². The van der Waals surface area contributed by atoms with E-state index >= 15 is 0 Å². The minimum Gasteiger partial charge on any atom is -0.493 e. The molecule has 14 heteroatoms. The van der Waals surface area contributed by atoms with E-state index in [4.69, 9.17) is 25.8 Å². The van der Waals surface area contributed by atoms with Crippen LogP contribution in [0, 0.1) is 0 Å². The first-order valence-corrected chi connectivity index (χ1v) is 17.3. The second-order valence-electron chi connectivity index (χ2n) is 11.4. The van der Waals surface area contributed by atoms with E-state index in [0.29, 0.717) is 44.5 Å². The Morgan fingerprint density at radius 1 is 0.759 bits per heavy atom. The van der Waals surface area contributed by atoms with Gasteiger partial charge in [-0.2, -0.15) is 13.2 Å². The van der Waals surface area contributed by atoms with Crippen LogP contribution in [0.4, 0.5) is 24.5 Å². The van der Waals surface area contributed by atoms with Gasteiger partial charge in [0, 0.05) is 16.1 Å². The molecule has 5 rings (SSSR count). The van der Waals surface area contributed by atoms with Crippen molar-refractivity contribution in [2.24, 2.45) is 0 Å². The van der Waals surface area contributed by atoms with Gasteiger partial charge in [0.2, 0.25) is 11.7 Å². The number of halogens is 4. The van der Waals surface area contributed by atoms with Crippen molar-refractivity contribution in [2.45, 2.75) is 16.3 Å². The van der Waals surface area contributed by atoms with Crippen molar-refractivity contribution in [1.29, 1.82) is 0 Å². The Labute approximate surface area is 318 Å². The number of thioether (sulfide) groups is 1. The smallest absolute Gasteiger partial charge is 0.416 e. The fraction of sp³-hybridized carbons (Fsp3) is 0.125. The highest BCUT2D eigenvalue weighted by Crippen LogP contribution is 2.40. The number of carbonyl (C=O) groups is 3. The van der Waals surface area contributed by atoms with E-state index in [2.05, 4.69) is 16.0 Å². The van der Waals surface area contributed by atoms with E-state index in [9.17, 15) is 27.6 Å². The first kappa shape index (κ1) is 39.3. The lowest BCUT2D eigenvalue weighted by molar-refractivity contribution is -0.137. The Hall–Kier alpha value is -5.92. The molecule has 3 N–H and O–H groups in total. The van der Waals surface area contributed by atoms with Crippen LogP contribution in [0.25, 0.3) is 6.08 Å². The molecule has 278 valence electrons. The van der Waals surface area contributed by atoms with Gasteiger partial charge in [0.05, 0.1) is 37.6 Å². The zero-order valence-corrected chi connectivity index (χ0v) is 30.6. The Morgan fingerprint density at radius 2 is 1.41 bits per heavy atom. The van der Waals surface area contributed by atoms with E-state index in [0.717, 1.165) is 30.0 Å². The van der Waals surface area contributed by atoms with E-state index < -0.39 is 34.7 Å². The number of alkyl halides is 3. The average Bonchev–Trinajstić information content (AvgIpc) is 3.17. The summed E-state index contributed by atoms with van der Waals surface area (Å²) >= 11 is 7.28. The van der Waals surface area contributed by atoms with Gasteiger partial charge in [0.25, 0.3) is 11.8 Å². The molecule has 54 heavy (non-hydrogen) atoms. The van der Waals surface area contributed by atoms with Crippen LogP contribution in [0.2, 0.25) is 5.02 Å². The molecule has 0 bridgehead atoms. The fourth-order valence-corrected chi connectivity index (χ4v) is 6.42. The normalized spacial score (nSPS) is 11.9. The van der Waals surface area contributed by atoms with Crippen LogP contribution in [-0.2, 0) is 15.8 Å². The molecule has 0 heterocycles. The number of amides is 3. The lowest BCUT2D eigenvalue weighted by atomic mass is 10.1. The molecule has 0 aromatic heterocycles. The van der Waals surface area contributed by atoms with Gasteiger partial charge < -0.3 is 30.2 Å². The van der Waals surface area contributed by atoms with Crippen molar-refractivity contribution in [3.8, 4) is 17.2 Å². The summed E-state index contributed by atoms with van der Waals surface area (Å²) in [5.41, 5.74) is 0.382. The summed E-state index contributed by atoms with van der Waals surface area (Å²) in [5.74, 6) is -0.839. The Kier molecular flexibility index (Phi) is 12.9. The Morgan fingerprint density at radius 3 is 2.02 bits per heavy atom. The minimum absolute atomic E-state index is 0.0624. The second kappa shape index (κ2) is 17.7. The van der Waals surface area contributed by atoms with Crippen LogP contribution in [-0.4, -0.2) is 39.1 Å². The monoisotopic (exact) mass is 775 g/mol. The topological polar surface area (TPSA) is 115 Å². The zero-order valence-electron chi connectivity index (χ0n) is 29.0. The van der Waals surface area contributed by atoms with Crippen LogP contribution in [0.5, 0.6) is 17.2 Å². The third-order valence-corrected chi connectivity index (χ3v) is 9.34. The molecule has 5 aromatic rings. The first-order valence-electron chi connectivity index (χ1n) is 16.1. The van der Waals surface area contributed by atoms with Gasteiger partial charge in [-0.25, -0.2) is 0 Å². The molecule has 3 amide bonds. The molecule has 0 saturated heterocycles. The van der Waals surface area contributed by atoms with Gasteiger partial charge in [0.15, 0.2) is 11.5 Å². The SMILES string of the molecule is COc1cc(/C=C(/NC(=O)c2ccccc2)C(=O)Nc2cccc(SC(C(=O)Nc3cc(C(F)(F)F)ccc3Cl)c3ccccc3)c2)cc(OC)c1OC. The zero-order chi connectivity index (χ0) is 38.8.